The quantitative estimate of drug-likeness (QED) is 0.570. The number of ether oxygens (including phenoxy) is 1. The Morgan fingerprint density at radius 1 is 1.13 bits per heavy atom. The zero-order chi connectivity index (χ0) is 22.0. The van der Waals surface area contributed by atoms with E-state index in [9.17, 15) is 19.2 Å². The van der Waals surface area contributed by atoms with Crippen LogP contribution in [0.25, 0.3) is 0 Å². The minimum Gasteiger partial charge on any atom is -0.462 e. The fourth-order valence-electron chi connectivity index (χ4n) is 4.27. The number of rotatable bonds is 5. The number of aryl methyl sites for hydroxylation is 1. The van der Waals surface area contributed by atoms with Crippen molar-refractivity contribution in [2.24, 2.45) is 0 Å². The lowest BCUT2D eigenvalue weighted by Gasteiger charge is -2.33. The maximum atomic E-state index is 13.3. The maximum Gasteiger partial charge on any atom is 0.340 e. The molecule has 2 aliphatic rings. The molecule has 8 nitrogen and oxygen atoms in total. The number of carbonyl (C=O) groups is 4. The molecule has 1 heterocycles. The smallest absolute Gasteiger partial charge is 0.340 e. The van der Waals surface area contributed by atoms with Crippen LogP contribution in [0.2, 0.25) is 0 Å². The number of esters is 1. The number of nitrogens with one attached hydrogen (secondary N) is 2. The van der Waals surface area contributed by atoms with Gasteiger partial charge in [-0.3, -0.25) is 14.5 Å². The number of nitrogens with zero attached hydrogens (tertiary/aromatic N) is 1. The first kappa shape index (κ1) is 20.6. The second kappa shape index (κ2) is 8.22. The highest BCUT2D eigenvalue weighted by Gasteiger charge is 2.54. The maximum absolute atomic E-state index is 13.3. The van der Waals surface area contributed by atoms with Gasteiger partial charge in [0.1, 0.15) is 12.1 Å². The van der Waals surface area contributed by atoms with Crippen LogP contribution in [-0.2, 0) is 26.3 Å². The van der Waals surface area contributed by atoms with Crippen LogP contribution >= 0.6 is 0 Å². The zero-order valence-corrected chi connectivity index (χ0v) is 17.1. The molecule has 2 aromatic carbocycles. The Balaban J connectivity index is 1.53. The van der Waals surface area contributed by atoms with Gasteiger partial charge in [0.15, 0.2) is 0 Å². The minimum atomic E-state index is -1.13. The van der Waals surface area contributed by atoms with Crippen molar-refractivity contribution in [2.75, 3.05) is 18.5 Å². The predicted octanol–water partition coefficient (Wildman–Crippen LogP) is 2.59. The van der Waals surface area contributed by atoms with Crippen molar-refractivity contribution in [2.45, 2.75) is 31.7 Å². The average molecular weight is 421 g/mol. The summed E-state index contributed by atoms with van der Waals surface area (Å²) in [4.78, 5) is 51.7. The van der Waals surface area contributed by atoms with Crippen LogP contribution in [0.4, 0.5) is 10.5 Å². The van der Waals surface area contributed by atoms with Crippen LogP contribution in [0.3, 0.4) is 0 Å². The van der Waals surface area contributed by atoms with E-state index in [4.69, 9.17) is 4.74 Å². The van der Waals surface area contributed by atoms with E-state index in [0.717, 1.165) is 28.9 Å². The molecule has 4 amide bonds. The summed E-state index contributed by atoms with van der Waals surface area (Å²) in [7, 11) is 0. The Bertz CT molecular complexity index is 1070. The molecule has 1 fully saturated rings. The van der Waals surface area contributed by atoms with Crippen LogP contribution in [-0.4, -0.2) is 41.9 Å². The molecular weight excluding hydrogens is 398 g/mol. The van der Waals surface area contributed by atoms with Crippen molar-refractivity contribution < 1.29 is 23.9 Å². The van der Waals surface area contributed by atoms with Crippen LogP contribution < -0.4 is 10.6 Å². The summed E-state index contributed by atoms with van der Waals surface area (Å²) in [5, 5.41) is 5.44. The molecule has 160 valence electrons. The van der Waals surface area contributed by atoms with Crippen molar-refractivity contribution in [3.63, 3.8) is 0 Å². The van der Waals surface area contributed by atoms with E-state index >= 15 is 0 Å². The van der Waals surface area contributed by atoms with Gasteiger partial charge in [-0.1, -0.05) is 36.4 Å². The van der Waals surface area contributed by atoms with Crippen molar-refractivity contribution in [1.29, 1.82) is 0 Å². The van der Waals surface area contributed by atoms with E-state index in [2.05, 4.69) is 10.6 Å². The summed E-state index contributed by atoms with van der Waals surface area (Å²) in [5.74, 6) is -1.58. The van der Waals surface area contributed by atoms with Gasteiger partial charge in [-0.15, -0.1) is 0 Å². The lowest BCUT2D eigenvalue weighted by Crippen LogP contribution is -2.47. The van der Waals surface area contributed by atoms with E-state index in [1.807, 2.05) is 24.3 Å². The van der Waals surface area contributed by atoms with E-state index in [0.29, 0.717) is 6.42 Å². The number of hydrogen-bond donors (Lipinski definition) is 2. The summed E-state index contributed by atoms with van der Waals surface area (Å²) in [6.07, 6.45) is 2.08. The molecule has 0 aromatic heterocycles. The minimum absolute atomic E-state index is 0.201. The highest BCUT2D eigenvalue weighted by atomic mass is 16.5. The number of anilines is 1. The third-order valence-electron chi connectivity index (χ3n) is 5.65. The van der Waals surface area contributed by atoms with Gasteiger partial charge in [0.05, 0.1) is 17.9 Å². The van der Waals surface area contributed by atoms with Gasteiger partial charge in [-0.05, 0) is 49.4 Å². The van der Waals surface area contributed by atoms with Crippen molar-refractivity contribution in [3.8, 4) is 0 Å². The van der Waals surface area contributed by atoms with Gasteiger partial charge in [-0.2, -0.15) is 0 Å². The molecule has 1 atom stereocenters. The van der Waals surface area contributed by atoms with Gasteiger partial charge < -0.3 is 15.4 Å². The normalized spacial score (nSPS) is 19.7. The molecule has 8 heteroatoms. The van der Waals surface area contributed by atoms with Crippen LogP contribution in [0.15, 0.2) is 48.5 Å². The molecule has 1 saturated heterocycles. The second-order valence-corrected chi connectivity index (χ2v) is 7.55. The molecule has 0 radical (unpaired) electrons. The summed E-state index contributed by atoms with van der Waals surface area (Å²) < 4.78 is 5.01. The molecule has 1 aliphatic carbocycles. The van der Waals surface area contributed by atoms with Gasteiger partial charge >= 0.3 is 12.0 Å². The van der Waals surface area contributed by atoms with Crippen LogP contribution in [0.1, 0.15) is 41.3 Å². The van der Waals surface area contributed by atoms with Gasteiger partial charge in [0.2, 0.25) is 5.91 Å². The molecule has 0 saturated carbocycles. The Morgan fingerprint density at radius 2 is 1.87 bits per heavy atom. The Kier molecular flexibility index (Phi) is 5.46. The van der Waals surface area contributed by atoms with Crippen molar-refractivity contribution >= 4 is 29.5 Å². The van der Waals surface area contributed by atoms with Crippen LogP contribution in [0.5, 0.6) is 0 Å². The van der Waals surface area contributed by atoms with Crippen molar-refractivity contribution in [1.82, 2.24) is 10.2 Å². The third-order valence-corrected chi connectivity index (χ3v) is 5.65. The number of hydrogen-bond acceptors (Lipinski definition) is 5. The Morgan fingerprint density at radius 3 is 2.68 bits per heavy atom. The van der Waals surface area contributed by atoms with E-state index in [-0.39, 0.29) is 17.9 Å². The van der Waals surface area contributed by atoms with Crippen molar-refractivity contribution in [3.05, 3.63) is 65.2 Å². The molecule has 31 heavy (non-hydrogen) atoms. The van der Waals surface area contributed by atoms with Gasteiger partial charge in [0.25, 0.3) is 5.91 Å². The average Bonchev–Trinajstić information content (AvgIpc) is 2.99. The number of para-hydroxylation sites is 1. The molecule has 2 N–H and O–H groups in total. The first-order chi connectivity index (χ1) is 15.0. The number of urea groups is 1. The highest BCUT2D eigenvalue weighted by Crippen LogP contribution is 2.39. The second-order valence-electron chi connectivity index (χ2n) is 7.55. The number of fused-ring (bicyclic) bond motifs is 2. The molecule has 2 aromatic rings. The number of carbonyl (C=O) groups excluding carboxylic acids is 4. The fourth-order valence-corrected chi connectivity index (χ4v) is 4.27. The van der Waals surface area contributed by atoms with E-state index in [1.54, 1.807) is 25.1 Å². The lowest BCUT2D eigenvalue weighted by molar-refractivity contribution is -0.134. The lowest BCUT2D eigenvalue weighted by atomic mass is 9.76. The summed E-state index contributed by atoms with van der Waals surface area (Å²) >= 11 is 0. The third kappa shape index (κ3) is 3.65. The molecule has 0 bridgehead atoms. The highest BCUT2D eigenvalue weighted by molar-refractivity contribution is 6.11. The molecule has 4 rings (SSSR count). The molecular formula is C23H23N3O5. The molecule has 1 spiro atoms. The van der Waals surface area contributed by atoms with Crippen LogP contribution in [0, 0.1) is 0 Å². The topological polar surface area (TPSA) is 105 Å². The summed E-state index contributed by atoms with van der Waals surface area (Å²) in [6, 6.07) is 13.4. The summed E-state index contributed by atoms with van der Waals surface area (Å²) in [5.41, 5.74) is 1.14. The largest absolute Gasteiger partial charge is 0.462 e. The Hall–Kier alpha value is -3.68. The molecule has 1 aliphatic heterocycles. The van der Waals surface area contributed by atoms with E-state index in [1.165, 1.54) is 6.07 Å². The van der Waals surface area contributed by atoms with Gasteiger partial charge in [0, 0.05) is 0 Å². The standard InChI is InChI=1S/C23H23N3O5/c1-2-31-20(28)16-10-4-6-12-18(16)24-19(27)14-26-21(29)23(25-22(26)30)13-7-9-15-8-3-5-11-17(15)23/h3-6,8,10-12H,2,7,9,13-14H2,1H3,(H,24,27)(H,25,30)/t23-/m1/s1. The number of amides is 4. The molecule has 0 unspecified atom stereocenters. The zero-order valence-electron chi connectivity index (χ0n) is 17.1. The SMILES string of the molecule is CCOC(=O)c1ccccc1NC(=O)CN1C(=O)N[C@@]2(CCCc3ccccc32)C1=O. The summed E-state index contributed by atoms with van der Waals surface area (Å²) in [6.45, 7) is 1.44. The number of imide groups is 1. The van der Waals surface area contributed by atoms with E-state index < -0.39 is 35.9 Å². The first-order valence-corrected chi connectivity index (χ1v) is 10.2. The number of benzene rings is 2. The predicted molar refractivity (Wildman–Crippen MR) is 112 cm³/mol. The Labute approximate surface area is 179 Å². The fraction of sp³-hybridized carbons (Fsp3) is 0.304. The monoisotopic (exact) mass is 421 g/mol. The first-order valence-electron chi connectivity index (χ1n) is 10.2. The van der Waals surface area contributed by atoms with Gasteiger partial charge in [-0.25, -0.2) is 9.59 Å².